The number of aromatic nitrogens is 2. The highest BCUT2D eigenvalue weighted by Gasteiger charge is 2.27. The van der Waals surface area contributed by atoms with Gasteiger partial charge in [-0.15, -0.1) is 0 Å². The number of nitrogens with one attached hydrogen (secondary N) is 1. The van der Waals surface area contributed by atoms with E-state index in [1.165, 1.54) is 11.9 Å². The number of hydrogen-bond donors (Lipinski definition) is 1. The topological polar surface area (TPSA) is 87.7 Å². The Morgan fingerprint density at radius 2 is 1.65 bits per heavy atom. The molecule has 37 heavy (non-hydrogen) atoms. The minimum absolute atomic E-state index is 0.109. The number of ether oxygens (including phenoxy) is 1. The van der Waals surface area contributed by atoms with Crippen LogP contribution >= 0.6 is 11.9 Å². The zero-order valence-corrected chi connectivity index (χ0v) is 21.5. The Labute approximate surface area is 219 Å². The van der Waals surface area contributed by atoms with E-state index in [4.69, 9.17) is 4.74 Å². The zero-order chi connectivity index (χ0) is 25.8. The van der Waals surface area contributed by atoms with Gasteiger partial charge in [-0.3, -0.25) is 14.6 Å². The molecule has 4 aromatic rings. The SMILES string of the molecule is COc1cc(NSc2cccc3cccnc23)ccc1C(=O)N1CCN(C(=O)c2cccc(C)n2)CC1. The summed E-state index contributed by atoms with van der Waals surface area (Å²) >= 11 is 1.46. The molecule has 1 aliphatic heterocycles. The van der Waals surface area contributed by atoms with Crippen LogP contribution in [0, 0.1) is 6.92 Å². The number of amides is 2. The molecule has 0 unspecified atom stereocenters. The molecule has 5 rings (SSSR count). The first kappa shape index (κ1) is 24.6. The maximum Gasteiger partial charge on any atom is 0.272 e. The van der Waals surface area contributed by atoms with E-state index in [0.29, 0.717) is 43.2 Å². The molecule has 2 aromatic carbocycles. The number of para-hydroxylation sites is 1. The van der Waals surface area contributed by atoms with E-state index >= 15 is 0 Å². The zero-order valence-electron chi connectivity index (χ0n) is 20.7. The first-order chi connectivity index (χ1) is 18.0. The molecule has 1 fully saturated rings. The minimum atomic E-state index is -0.116. The molecule has 2 aromatic heterocycles. The maximum absolute atomic E-state index is 13.3. The standard InChI is InChI=1S/C28H27N5O3S/c1-19-6-3-9-23(30-19)28(35)33-16-14-32(15-17-33)27(34)22-12-11-21(18-24(22)36-2)31-37-25-10-4-7-20-8-5-13-29-26(20)25/h3-13,18,31H,14-17H2,1-2H3. The van der Waals surface area contributed by atoms with Crippen molar-refractivity contribution in [3.8, 4) is 5.75 Å². The van der Waals surface area contributed by atoms with Crippen LogP contribution in [0.1, 0.15) is 26.5 Å². The van der Waals surface area contributed by atoms with Crippen LogP contribution in [0.3, 0.4) is 0 Å². The molecule has 0 atom stereocenters. The summed E-state index contributed by atoms with van der Waals surface area (Å²) in [5.41, 5.74) is 3.47. The van der Waals surface area contributed by atoms with Crippen LogP contribution < -0.4 is 9.46 Å². The normalized spacial score (nSPS) is 13.5. The van der Waals surface area contributed by atoms with Crippen LogP contribution in [0.2, 0.25) is 0 Å². The summed E-state index contributed by atoms with van der Waals surface area (Å²) in [4.78, 5) is 39.4. The lowest BCUT2D eigenvalue weighted by atomic mass is 10.1. The van der Waals surface area contributed by atoms with E-state index in [0.717, 1.165) is 27.2 Å². The molecule has 0 spiro atoms. The van der Waals surface area contributed by atoms with Crippen molar-refractivity contribution in [1.29, 1.82) is 0 Å². The maximum atomic E-state index is 13.3. The van der Waals surface area contributed by atoms with E-state index in [-0.39, 0.29) is 11.8 Å². The summed E-state index contributed by atoms with van der Waals surface area (Å²) in [6.07, 6.45) is 1.78. The smallest absolute Gasteiger partial charge is 0.272 e. The van der Waals surface area contributed by atoms with Gasteiger partial charge in [0, 0.05) is 55.2 Å². The highest BCUT2D eigenvalue weighted by molar-refractivity contribution is 8.00. The third-order valence-electron chi connectivity index (χ3n) is 6.27. The van der Waals surface area contributed by atoms with Crippen molar-refractivity contribution >= 4 is 40.4 Å². The molecule has 188 valence electrons. The van der Waals surface area contributed by atoms with Crippen LogP contribution in [0.25, 0.3) is 10.9 Å². The second-order valence-electron chi connectivity index (χ2n) is 8.70. The Kier molecular flexibility index (Phi) is 7.23. The summed E-state index contributed by atoms with van der Waals surface area (Å²) in [6, 6.07) is 20.9. The summed E-state index contributed by atoms with van der Waals surface area (Å²) < 4.78 is 8.90. The number of methoxy groups -OCH3 is 1. The fourth-order valence-corrected chi connectivity index (χ4v) is 5.08. The number of aryl methyl sites for hydroxylation is 1. The van der Waals surface area contributed by atoms with Crippen LogP contribution in [-0.2, 0) is 0 Å². The molecule has 1 N–H and O–H groups in total. The van der Waals surface area contributed by atoms with Gasteiger partial charge in [0.2, 0.25) is 0 Å². The van der Waals surface area contributed by atoms with E-state index in [2.05, 4.69) is 14.7 Å². The van der Waals surface area contributed by atoms with Gasteiger partial charge in [0.15, 0.2) is 0 Å². The molecule has 0 radical (unpaired) electrons. The molecule has 0 aliphatic carbocycles. The van der Waals surface area contributed by atoms with Gasteiger partial charge in [-0.05, 0) is 55.3 Å². The Morgan fingerprint density at radius 1 is 0.919 bits per heavy atom. The largest absolute Gasteiger partial charge is 0.496 e. The number of anilines is 1. The highest BCUT2D eigenvalue weighted by Crippen LogP contribution is 2.30. The van der Waals surface area contributed by atoms with Crippen molar-refractivity contribution in [3.63, 3.8) is 0 Å². The van der Waals surface area contributed by atoms with Gasteiger partial charge < -0.3 is 19.3 Å². The van der Waals surface area contributed by atoms with Crippen molar-refractivity contribution in [2.45, 2.75) is 11.8 Å². The Morgan fingerprint density at radius 3 is 2.41 bits per heavy atom. The molecule has 3 heterocycles. The molecular weight excluding hydrogens is 486 g/mol. The highest BCUT2D eigenvalue weighted by atomic mass is 32.2. The van der Waals surface area contributed by atoms with Crippen molar-refractivity contribution in [2.24, 2.45) is 0 Å². The number of rotatable bonds is 6. The van der Waals surface area contributed by atoms with Gasteiger partial charge >= 0.3 is 0 Å². The third-order valence-corrected chi connectivity index (χ3v) is 7.16. The predicted octanol–water partition coefficient (Wildman–Crippen LogP) is 4.66. The second-order valence-corrected chi connectivity index (χ2v) is 9.55. The Bertz CT molecular complexity index is 1450. The van der Waals surface area contributed by atoms with E-state index in [1.807, 2.05) is 61.5 Å². The van der Waals surface area contributed by atoms with E-state index in [1.54, 1.807) is 35.2 Å². The first-order valence-corrected chi connectivity index (χ1v) is 12.8. The molecule has 1 aliphatic rings. The van der Waals surface area contributed by atoms with Gasteiger partial charge in [0.25, 0.3) is 11.8 Å². The van der Waals surface area contributed by atoms with Crippen LogP contribution in [-0.4, -0.2) is 64.9 Å². The molecule has 2 amide bonds. The third kappa shape index (κ3) is 5.36. The van der Waals surface area contributed by atoms with Crippen LogP contribution in [0.5, 0.6) is 5.75 Å². The molecule has 8 nitrogen and oxygen atoms in total. The number of fused-ring (bicyclic) bond motifs is 1. The fraction of sp³-hybridized carbons (Fsp3) is 0.214. The average molecular weight is 514 g/mol. The van der Waals surface area contributed by atoms with Gasteiger partial charge in [-0.2, -0.15) is 0 Å². The number of carbonyl (C=O) groups is 2. The summed E-state index contributed by atoms with van der Waals surface area (Å²) in [5.74, 6) is 0.270. The Balaban J connectivity index is 1.23. The number of carbonyl (C=O) groups excluding carboxylic acids is 2. The molecule has 9 heteroatoms. The second kappa shape index (κ2) is 10.9. The molecule has 1 saturated heterocycles. The van der Waals surface area contributed by atoms with E-state index in [9.17, 15) is 9.59 Å². The van der Waals surface area contributed by atoms with Gasteiger partial charge in [-0.25, -0.2) is 4.98 Å². The van der Waals surface area contributed by atoms with Crippen molar-refractivity contribution in [2.75, 3.05) is 38.0 Å². The van der Waals surface area contributed by atoms with Crippen LogP contribution in [0.15, 0.2) is 77.8 Å². The summed E-state index contributed by atoms with van der Waals surface area (Å²) in [6.45, 7) is 3.67. The van der Waals surface area contributed by atoms with Crippen molar-refractivity contribution < 1.29 is 14.3 Å². The van der Waals surface area contributed by atoms with Gasteiger partial charge in [0.05, 0.1) is 23.1 Å². The van der Waals surface area contributed by atoms with Crippen LogP contribution in [0.4, 0.5) is 5.69 Å². The van der Waals surface area contributed by atoms with E-state index < -0.39 is 0 Å². The fourth-order valence-electron chi connectivity index (χ4n) is 4.31. The molecular formula is C28H27N5O3S. The van der Waals surface area contributed by atoms with Gasteiger partial charge in [-0.1, -0.05) is 24.3 Å². The number of pyridine rings is 2. The number of hydrogen-bond acceptors (Lipinski definition) is 7. The lowest BCUT2D eigenvalue weighted by Gasteiger charge is -2.34. The van der Waals surface area contributed by atoms with Crippen molar-refractivity contribution in [1.82, 2.24) is 19.8 Å². The lowest BCUT2D eigenvalue weighted by molar-refractivity contribution is 0.0530. The summed E-state index contributed by atoms with van der Waals surface area (Å²) in [5, 5.41) is 1.07. The van der Waals surface area contributed by atoms with Gasteiger partial charge in [0.1, 0.15) is 11.4 Å². The quantitative estimate of drug-likeness (QED) is 0.375. The number of nitrogens with zero attached hydrogens (tertiary/aromatic N) is 4. The minimum Gasteiger partial charge on any atom is -0.496 e. The molecule has 0 bridgehead atoms. The summed E-state index contributed by atoms with van der Waals surface area (Å²) in [7, 11) is 1.56. The number of piperazine rings is 1. The first-order valence-electron chi connectivity index (χ1n) is 12.0. The lowest BCUT2D eigenvalue weighted by Crippen LogP contribution is -2.50. The predicted molar refractivity (Wildman–Crippen MR) is 145 cm³/mol. The van der Waals surface area contributed by atoms with Crippen molar-refractivity contribution in [3.05, 3.63) is 89.9 Å². The number of benzene rings is 2. The Hall–Kier alpha value is -4.11. The average Bonchev–Trinajstić information content (AvgIpc) is 2.95. The monoisotopic (exact) mass is 513 g/mol. The molecule has 0 saturated carbocycles.